The monoisotopic (exact) mass is 507 g/mol. The van der Waals surface area contributed by atoms with Gasteiger partial charge in [0.25, 0.3) is 0 Å². The smallest absolute Gasteiger partial charge is 0.316 e. The van der Waals surface area contributed by atoms with E-state index in [0.717, 1.165) is 32.1 Å². The first kappa shape index (κ1) is 27.2. The maximum absolute atomic E-state index is 13.5. The number of aliphatic hydroxyl groups is 2. The molecule has 4 aliphatic carbocycles. The van der Waals surface area contributed by atoms with Gasteiger partial charge in [0.05, 0.1) is 18.0 Å². The first-order valence-electron chi connectivity index (χ1n) is 13.5. The summed E-state index contributed by atoms with van der Waals surface area (Å²) in [6, 6.07) is 0.0195. The fourth-order valence-corrected chi connectivity index (χ4v) is 9.27. The van der Waals surface area contributed by atoms with Gasteiger partial charge in [-0.05, 0) is 62.2 Å². The van der Waals surface area contributed by atoms with E-state index in [2.05, 4.69) is 27.4 Å². The molecule has 0 unspecified atom stereocenters. The molecule has 198 valence electrons. The molecule has 4 fully saturated rings. The largest absolute Gasteiger partial charge is 0.461 e. The first-order chi connectivity index (χ1) is 16.4. The number of carbonyl (C=O) groups is 2. The summed E-state index contributed by atoms with van der Waals surface area (Å²) in [5.41, 5.74) is 4.57. The molecular formula is C28H45NO5S. The second kappa shape index (κ2) is 9.77. The Hall–Kier alpha value is -0.890. The molecule has 0 aromatic heterocycles. The molecular weight excluding hydrogens is 462 g/mol. The molecule has 0 spiro atoms. The number of ether oxygens (including phenoxy) is 1. The molecule has 11 atom stereocenters. The van der Waals surface area contributed by atoms with Crippen molar-refractivity contribution in [2.75, 3.05) is 5.75 Å². The summed E-state index contributed by atoms with van der Waals surface area (Å²) in [7, 11) is 0. The quantitative estimate of drug-likeness (QED) is 0.383. The van der Waals surface area contributed by atoms with Gasteiger partial charge in [0.2, 0.25) is 0 Å². The van der Waals surface area contributed by atoms with Crippen molar-refractivity contribution in [2.24, 2.45) is 39.7 Å². The van der Waals surface area contributed by atoms with Gasteiger partial charge >= 0.3 is 5.97 Å². The van der Waals surface area contributed by atoms with E-state index >= 15 is 0 Å². The van der Waals surface area contributed by atoms with Gasteiger partial charge in [0.15, 0.2) is 0 Å². The summed E-state index contributed by atoms with van der Waals surface area (Å²) in [4.78, 5) is 26.7. The van der Waals surface area contributed by atoms with Crippen LogP contribution in [0.15, 0.2) is 12.7 Å². The average molecular weight is 508 g/mol. The molecule has 0 amide bonds. The van der Waals surface area contributed by atoms with Crippen LogP contribution in [0.5, 0.6) is 0 Å². The highest BCUT2D eigenvalue weighted by atomic mass is 32.2. The van der Waals surface area contributed by atoms with E-state index in [-0.39, 0.29) is 52.0 Å². The number of aliphatic hydroxyl groups excluding tert-OH is 2. The molecule has 0 radical (unpaired) electrons. The fraction of sp³-hybridized carbons (Fsp3) is 0.857. The van der Waals surface area contributed by atoms with E-state index in [1.165, 1.54) is 11.8 Å². The third-order valence-electron chi connectivity index (χ3n) is 10.8. The van der Waals surface area contributed by atoms with Crippen molar-refractivity contribution in [1.29, 1.82) is 0 Å². The zero-order valence-corrected chi connectivity index (χ0v) is 22.7. The predicted molar refractivity (Wildman–Crippen MR) is 139 cm³/mol. The molecule has 4 aliphatic rings. The van der Waals surface area contributed by atoms with Crippen LogP contribution in [0.1, 0.15) is 79.1 Å². The van der Waals surface area contributed by atoms with E-state index in [4.69, 9.17) is 10.5 Å². The number of hydrogen-bond acceptors (Lipinski definition) is 7. The fourth-order valence-electron chi connectivity index (χ4n) is 8.21. The van der Waals surface area contributed by atoms with Crippen LogP contribution in [0.3, 0.4) is 0 Å². The van der Waals surface area contributed by atoms with Gasteiger partial charge in [-0.25, -0.2) is 0 Å². The molecule has 35 heavy (non-hydrogen) atoms. The predicted octanol–water partition coefficient (Wildman–Crippen LogP) is 3.87. The molecule has 4 rings (SSSR count). The van der Waals surface area contributed by atoms with Crippen LogP contribution in [-0.4, -0.2) is 57.3 Å². The summed E-state index contributed by atoms with van der Waals surface area (Å²) >= 11 is 1.45. The highest BCUT2D eigenvalue weighted by molar-refractivity contribution is 8.00. The normalized spacial score (nSPS) is 50.1. The Kier molecular flexibility index (Phi) is 7.58. The number of esters is 1. The Bertz CT molecular complexity index is 851. The number of nitrogens with two attached hydrogens (primary N) is 1. The van der Waals surface area contributed by atoms with Gasteiger partial charge in [0.1, 0.15) is 11.9 Å². The highest BCUT2D eigenvalue weighted by Gasteiger charge is 2.68. The minimum atomic E-state index is -0.663. The molecule has 0 aromatic carbocycles. The minimum Gasteiger partial charge on any atom is -0.461 e. The number of carbonyl (C=O) groups excluding carboxylic acids is 2. The number of rotatable bonds is 5. The van der Waals surface area contributed by atoms with Crippen LogP contribution >= 0.6 is 11.8 Å². The van der Waals surface area contributed by atoms with Gasteiger partial charge in [-0.15, -0.1) is 18.3 Å². The SMILES string of the molecule is C=C[C@]1(C)C[C@@H](OC(=O)CS[C@@H]2CC[C@@H](N)C[C@H]2O)[C@]2(C)[C@H](C)CC[C@]3(CCC(=O)[C@H]32)[C@@H](C)[C@H]1O. The molecule has 0 aromatic rings. The van der Waals surface area contributed by atoms with Crippen LogP contribution in [0.4, 0.5) is 0 Å². The lowest BCUT2D eigenvalue weighted by Gasteiger charge is -2.61. The molecule has 0 saturated heterocycles. The zero-order chi connectivity index (χ0) is 25.8. The van der Waals surface area contributed by atoms with Gasteiger partial charge in [0, 0.05) is 34.5 Å². The molecule has 2 bridgehead atoms. The lowest BCUT2D eigenvalue weighted by atomic mass is 9.44. The molecule has 7 heteroatoms. The average Bonchev–Trinajstić information content (AvgIpc) is 3.17. The number of thioether (sulfide) groups is 1. The van der Waals surface area contributed by atoms with Gasteiger partial charge in [-0.1, -0.05) is 33.8 Å². The Morgan fingerprint density at radius 2 is 1.94 bits per heavy atom. The summed E-state index contributed by atoms with van der Waals surface area (Å²) < 4.78 is 6.29. The number of ketones is 1. The lowest BCUT2D eigenvalue weighted by Crippen LogP contribution is -2.63. The van der Waals surface area contributed by atoms with Crippen LogP contribution < -0.4 is 5.73 Å². The number of hydrogen-bond donors (Lipinski definition) is 3. The maximum Gasteiger partial charge on any atom is 0.316 e. The van der Waals surface area contributed by atoms with Crippen molar-refractivity contribution < 1.29 is 24.5 Å². The van der Waals surface area contributed by atoms with Crippen LogP contribution in [0.25, 0.3) is 0 Å². The Balaban J connectivity index is 1.62. The second-order valence-corrected chi connectivity index (χ2v) is 13.8. The van der Waals surface area contributed by atoms with E-state index in [1.807, 2.05) is 13.0 Å². The van der Waals surface area contributed by atoms with Crippen molar-refractivity contribution in [2.45, 2.75) is 109 Å². The molecule has 4 N–H and O–H groups in total. The Morgan fingerprint density at radius 1 is 1.23 bits per heavy atom. The molecule has 4 saturated carbocycles. The molecule has 0 heterocycles. The van der Waals surface area contributed by atoms with E-state index in [0.29, 0.717) is 19.3 Å². The Morgan fingerprint density at radius 3 is 2.60 bits per heavy atom. The topological polar surface area (TPSA) is 110 Å². The summed E-state index contributed by atoms with van der Waals surface area (Å²) in [6.07, 6.45) is 6.01. The van der Waals surface area contributed by atoms with Gasteiger partial charge in [-0.3, -0.25) is 9.59 Å². The highest BCUT2D eigenvalue weighted by Crippen LogP contribution is 2.68. The zero-order valence-electron chi connectivity index (χ0n) is 21.9. The van der Waals surface area contributed by atoms with E-state index in [9.17, 15) is 19.8 Å². The third kappa shape index (κ3) is 4.42. The molecule has 6 nitrogen and oxygen atoms in total. The van der Waals surface area contributed by atoms with Crippen molar-refractivity contribution in [3.8, 4) is 0 Å². The third-order valence-corrected chi connectivity index (χ3v) is 12.2. The minimum absolute atomic E-state index is 0.0194. The summed E-state index contributed by atoms with van der Waals surface area (Å²) in [6.45, 7) is 12.5. The van der Waals surface area contributed by atoms with Crippen LogP contribution in [0.2, 0.25) is 0 Å². The summed E-state index contributed by atoms with van der Waals surface area (Å²) in [5, 5.41) is 22.0. The number of Topliss-reactive ketones (excluding diaryl/α,β-unsaturated/α-hetero) is 1. The second-order valence-electron chi connectivity index (χ2n) is 12.6. The Labute approximate surface area is 214 Å². The van der Waals surface area contributed by atoms with Crippen molar-refractivity contribution >= 4 is 23.5 Å². The van der Waals surface area contributed by atoms with Crippen LogP contribution in [0, 0.1) is 34.0 Å². The van der Waals surface area contributed by atoms with Crippen LogP contribution in [-0.2, 0) is 14.3 Å². The summed E-state index contributed by atoms with van der Waals surface area (Å²) in [5.74, 6) is 0.0613. The van der Waals surface area contributed by atoms with Crippen molar-refractivity contribution in [3.63, 3.8) is 0 Å². The lowest BCUT2D eigenvalue weighted by molar-refractivity contribution is -0.205. The van der Waals surface area contributed by atoms with Gasteiger partial charge in [-0.2, -0.15) is 0 Å². The van der Waals surface area contributed by atoms with E-state index < -0.39 is 29.1 Å². The van der Waals surface area contributed by atoms with Crippen molar-refractivity contribution in [3.05, 3.63) is 12.7 Å². The maximum atomic E-state index is 13.5. The van der Waals surface area contributed by atoms with E-state index in [1.54, 1.807) is 0 Å². The van der Waals surface area contributed by atoms with Crippen molar-refractivity contribution in [1.82, 2.24) is 0 Å². The molecule has 0 aliphatic heterocycles. The first-order valence-corrected chi connectivity index (χ1v) is 14.5. The standard InChI is InChI=1S/C28H45NO5S/c1-6-26(4)14-22(34-23(32)15-35-21-8-7-18(29)13-20(21)31)27(5)16(2)9-11-28(17(3)25(26)33)12-10-19(30)24(27)28/h6,16-18,20-22,24-25,31,33H,1,7-15,29H2,2-5H3/t16-,17+,18-,20-,21-,22-,24+,25-,26-,27+,28+/m1/s1. The van der Waals surface area contributed by atoms with Gasteiger partial charge < -0.3 is 20.7 Å².